The zero-order valence-corrected chi connectivity index (χ0v) is 11.9. The number of carbonyl (C=O) groups is 1. The van der Waals surface area contributed by atoms with Gasteiger partial charge in [0, 0.05) is 43.7 Å². The summed E-state index contributed by atoms with van der Waals surface area (Å²) in [6, 6.07) is 1.84. The Morgan fingerprint density at radius 2 is 2.15 bits per heavy atom. The Bertz CT molecular complexity index is 489. The number of hydrogen-bond acceptors (Lipinski definition) is 4. The van der Waals surface area contributed by atoms with Gasteiger partial charge in [-0.1, -0.05) is 0 Å². The Morgan fingerprint density at radius 1 is 1.35 bits per heavy atom. The molecule has 1 aromatic rings. The van der Waals surface area contributed by atoms with Crippen LogP contribution in [0.4, 0.5) is 0 Å². The second-order valence-corrected chi connectivity index (χ2v) is 5.89. The van der Waals surface area contributed by atoms with E-state index in [0.717, 1.165) is 50.0 Å². The normalized spacial score (nSPS) is 25.6. The van der Waals surface area contributed by atoms with E-state index >= 15 is 0 Å². The van der Waals surface area contributed by atoms with Gasteiger partial charge >= 0.3 is 0 Å². The molecule has 4 heteroatoms. The molecule has 2 fully saturated rings. The number of hydrogen-bond donors (Lipinski definition) is 0. The fraction of sp³-hybridized carbons (Fsp3) is 0.625. The molecule has 0 N–H and O–H groups in total. The van der Waals surface area contributed by atoms with Gasteiger partial charge in [0.15, 0.2) is 5.78 Å². The molecule has 3 rings (SSSR count). The predicted octanol–water partition coefficient (Wildman–Crippen LogP) is 2.55. The summed E-state index contributed by atoms with van der Waals surface area (Å²) in [6.07, 6.45) is 6.93. The van der Waals surface area contributed by atoms with Crippen LogP contribution in [0, 0.1) is 12.8 Å². The topological polar surface area (TPSA) is 48.4 Å². The Balaban J connectivity index is 1.77. The molecule has 1 atom stereocenters. The van der Waals surface area contributed by atoms with Crippen LogP contribution in [0.15, 0.2) is 18.5 Å². The summed E-state index contributed by atoms with van der Waals surface area (Å²) in [7, 11) is 0. The van der Waals surface area contributed by atoms with E-state index < -0.39 is 0 Å². The molecule has 0 amide bonds. The highest BCUT2D eigenvalue weighted by Gasteiger charge is 2.41. The van der Waals surface area contributed by atoms with E-state index in [9.17, 15) is 4.79 Å². The minimum Gasteiger partial charge on any atom is -0.381 e. The standard InChI is InChI=1S/C16H21NO3/c1-12-11-17-6-2-14(12)15(18)13-3-7-20-16(10-13)4-8-19-9-5-16/h2,6,11,13H,3-5,7-10H2,1H3. The Morgan fingerprint density at radius 3 is 2.90 bits per heavy atom. The average molecular weight is 275 g/mol. The van der Waals surface area contributed by atoms with Crippen LogP contribution in [-0.4, -0.2) is 36.2 Å². The molecular formula is C16H21NO3. The molecule has 1 spiro atoms. The van der Waals surface area contributed by atoms with Crippen molar-refractivity contribution < 1.29 is 14.3 Å². The van der Waals surface area contributed by atoms with Crippen molar-refractivity contribution >= 4 is 5.78 Å². The molecule has 1 unspecified atom stereocenters. The lowest BCUT2D eigenvalue weighted by atomic mass is 9.77. The highest BCUT2D eigenvalue weighted by atomic mass is 16.5. The summed E-state index contributed by atoms with van der Waals surface area (Å²) in [4.78, 5) is 16.8. The van der Waals surface area contributed by atoms with Crippen molar-refractivity contribution in [3.8, 4) is 0 Å². The molecule has 2 aliphatic heterocycles. The van der Waals surface area contributed by atoms with Gasteiger partial charge in [0.2, 0.25) is 0 Å². The van der Waals surface area contributed by atoms with Gasteiger partial charge in [0.1, 0.15) is 0 Å². The van der Waals surface area contributed by atoms with Crippen LogP contribution in [0.3, 0.4) is 0 Å². The molecule has 3 heterocycles. The number of ether oxygens (including phenoxy) is 2. The van der Waals surface area contributed by atoms with Crippen molar-refractivity contribution in [1.82, 2.24) is 4.98 Å². The first-order valence-electron chi connectivity index (χ1n) is 7.37. The van der Waals surface area contributed by atoms with E-state index in [1.807, 2.05) is 13.0 Å². The number of aromatic nitrogens is 1. The van der Waals surface area contributed by atoms with Crippen molar-refractivity contribution in [2.45, 2.75) is 38.2 Å². The maximum atomic E-state index is 12.7. The smallest absolute Gasteiger partial charge is 0.166 e. The largest absolute Gasteiger partial charge is 0.381 e. The average Bonchev–Trinajstić information content (AvgIpc) is 2.48. The second-order valence-electron chi connectivity index (χ2n) is 5.89. The van der Waals surface area contributed by atoms with Crippen LogP contribution in [0.25, 0.3) is 0 Å². The van der Waals surface area contributed by atoms with Crippen LogP contribution in [0.5, 0.6) is 0 Å². The number of pyridine rings is 1. The van der Waals surface area contributed by atoms with Gasteiger partial charge in [-0.2, -0.15) is 0 Å². The third-order valence-corrected chi connectivity index (χ3v) is 4.55. The third-order valence-electron chi connectivity index (χ3n) is 4.55. The lowest BCUT2D eigenvalue weighted by Crippen LogP contribution is -2.46. The van der Waals surface area contributed by atoms with Gasteiger partial charge in [0.25, 0.3) is 0 Å². The summed E-state index contributed by atoms with van der Waals surface area (Å²) in [5.41, 5.74) is 1.65. The quantitative estimate of drug-likeness (QED) is 0.778. The third kappa shape index (κ3) is 2.63. The molecule has 0 aliphatic carbocycles. The highest BCUT2D eigenvalue weighted by molar-refractivity contribution is 5.99. The minimum absolute atomic E-state index is 0.0722. The molecule has 20 heavy (non-hydrogen) atoms. The summed E-state index contributed by atoms with van der Waals surface area (Å²) < 4.78 is 11.4. The summed E-state index contributed by atoms with van der Waals surface area (Å²) in [5.74, 6) is 0.321. The zero-order chi connectivity index (χ0) is 14.0. The van der Waals surface area contributed by atoms with E-state index in [2.05, 4.69) is 4.98 Å². The van der Waals surface area contributed by atoms with Crippen molar-refractivity contribution in [3.05, 3.63) is 29.6 Å². The number of rotatable bonds is 2. The van der Waals surface area contributed by atoms with Crippen LogP contribution < -0.4 is 0 Å². The first-order chi connectivity index (χ1) is 9.70. The van der Waals surface area contributed by atoms with Crippen molar-refractivity contribution in [2.75, 3.05) is 19.8 Å². The Kier molecular flexibility index (Phi) is 3.85. The number of Topliss-reactive ketones (excluding diaryl/α,β-unsaturated/α-hetero) is 1. The van der Waals surface area contributed by atoms with E-state index in [1.165, 1.54) is 0 Å². The Labute approximate surface area is 119 Å². The van der Waals surface area contributed by atoms with Crippen LogP contribution in [0.1, 0.15) is 41.6 Å². The first-order valence-corrected chi connectivity index (χ1v) is 7.37. The maximum absolute atomic E-state index is 12.7. The van der Waals surface area contributed by atoms with Crippen LogP contribution in [-0.2, 0) is 9.47 Å². The van der Waals surface area contributed by atoms with Crippen LogP contribution in [0.2, 0.25) is 0 Å². The molecule has 0 bridgehead atoms. The van der Waals surface area contributed by atoms with E-state index in [1.54, 1.807) is 12.4 Å². The monoisotopic (exact) mass is 275 g/mol. The highest BCUT2D eigenvalue weighted by Crippen LogP contribution is 2.38. The summed E-state index contributed by atoms with van der Waals surface area (Å²) in [5, 5.41) is 0. The molecule has 2 saturated heterocycles. The molecule has 0 radical (unpaired) electrons. The molecule has 108 valence electrons. The van der Waals surface area contributed by atoms with E-state index in [0.29, 0.717) is 6.61 Å². The Hall–Kier alpha value is -1.26. The van der Waals surface area contributed by atoms with Gasteiger partial charge in [-0.25, -0.2) is 0 Å². The first kappa shape index (κ1) is 13.7. The van der Waals surface area contributed by atoms with Gasteiger partial charge in [-0.3, -0.25) is 9.78 Å². The predicted molar refractivity (Wildman–Crippen MR) is 74.8 cm³/mol. The van der Waals surface area contributed by atoms with Crippen molar-refractivity contribution in [2.24, 2.45) is 5.92 Å². The number of carbonyl (C=O) groups excluding carboxylic acids is 1. The molecular weight excluding hydrogens is 254 g/mol. The molecule has 4 nitrogen and oxygen atoms in total. The summed E-state index contributed by atoms with van der Waals surface area (Å²) in [6.45, 7) is 4.12. The van der Waals surface area contributed by atoms with Gasteiger partial charge in [0.05, 0.1) is 5.60 Å². The summed E-state index contributed by atoms with van der Waals surface area (Å²) >= 11 is 0. The fourth-order valence-corrected chi connectivity index (χ4v) is 3.31. The second kappa shape index (κ2) is 5.62. The minimum atomic E-state index is -0.127. The maximum Gasteiger partial charge on any atom is 0.166 e. The molecule has 2 aliphatic rings. The lowest BCUT2D eigenvalue weighted by molar-refractivity contribution is -0.142. The molecule has 1 aromatic heterocycles. The lowest BCUT2D eigenvalue weighted by Gasteiger charge is -2.43. The number of nitrogens with zero attached hydrogens (tertiary/aromatic N) is 1. The van der Waals surface area contributed by atoms with Gasteiger partial charge < -0.3 is 9.47 Å². The van der Waals surface area contributed by atoms with Crippen molar-refractivity contribution in [1.29, 1.82) is 0 Å². The van der Waals surface area contributed by atoms with E-state index in [4.69, 9.17) is 9.47 Å². The van der Waals surface area contributed by atoms with Crippen molar-refractivity contribution in [3.63, 3.8) is 0 Å². The number of ketones is 1. The SMILES string of the molecule is Cc1cnccc1C(=O)C1CCOC2(CCOCC2)C1. The van der Waals surface area contributed by atoms with Crippen LogP contribution >= 0.6 is 0 Å². The van der Waals surface area contributed by atoms with Gasteiger partial charge in [-0.15, -0.1) is 0 Å². The molecule has 0 aromatic carbocycles. The molecule has 0 saturated carbocycles. The van der Waals surface area contributed by atoms with E-state index in [-0.39, 0.29) is 17.3 Å². The van der Waals surface area contributed by atoms with Gasteiger partial charge in [-0.05, 0) is 44.2 Å². The zero-order valence-electron chi connectivity index (χ0n) is 11.9. The number of aryl methyl sites for hydroxylation is 1. The fourth-order valence-electron chi connectivity index (χ4n) is 3.31.